The number of carbonyl (C=O) groups excluding carboxylic acids is 1. The van der Waals surface area contributed by atoms with Crippen LogP contribution in [-0.2, 0) is 14.3 Å². The van der Waals surface area contributed by atoms with Crippen LogP contribution in [0.3, 0.4) is 0 Å². The van der Waals surface area contributed by atoms with Crippen LogP contribution in [0.4, 0.5) is 0 Å². The van der Waals surface area contributed by atoms with Crippen LogP contribution >= 0.6 is 0 Å². The summed E-state index contributed by atoms with van der Waals surface area (Å²) in [5.41, 5.74) is -3.27. The lowest BCUT2D eigenvalue weighted by atomic mass is 9.92. The fourth-order valence-corrected chi connectivity index (χ4v) is 2.75. The molecule has 0 aromatic carbocycles. The van der Waals surface area contributed by atoms with Gasteiger partial charge in [-0.2, -0.15) is 0 Å². The zero-order chi connectivity index (χ0) is 19.0. The fraction of sp³-hybridized carbons (Fsp3) is 0.588. The highest BCUT2D eigenvalue weighted by molar-refractivity contribution is 5.81. The average molecular weight is 352 g/mol. The highest BCUT2D eigenvalue weighted by Gasteiger charge is 2.55. The van der Waals surface area contributed by atoms with Crippen LogP contribution in [0.2, 0.25) is 0 Å². The number of aryl methyl sites for hydroxylation is 1. The number of nitrogens with one attached hydrogen (secondary N) is 1. The minimum atomic E-state index is -1.65. The van der Waals surface area contributed by atoms with Gasteiger partial charge >= 0.3 is 11.7 Å². The number of carbonyl (C=O) groups is 1. The second-order valence-corrected chi connectivity index (χ2v) is 7.19. The van der Waals surface area contributed by atoms with Gasteiger partial charge in [-0.1, -0.05) is 6.08 Å². The molecule has 3 atom stereocenters. The molecule has 8 nitrogen and oxygen atoms in total. The molecule has 8 heteroatoms. The quantitative estimate of drug-likeness (QED) is 0.612. The number of aliphatic hydroxyl groups is 1. The van der Waals surface area contributed by atoms with Gasteiger partial charge in [0.15, 0.2) is 5.60 Å². The Balaban J connectivity index is 2.41. The van der Waals surface area contributed by atoms with Crippen LogP contribution in [0.1, 0.15) is 45.4 Å². The third kappa shape index (κ3) is 3.74. The first-order valence-electron chi connectivity index (χ1n) is 8.02. The normalized spacial score (nSPS) is 26.4. The lowest BCUT2D eigenvalue weighted by Crippen LogP contribution is -2.50. The summed E-state index contributed by atoms with van der Waals surface area (Å²) in [6, 6.07) is 0. The van der Waals surface area contributed by atoms with E-state index in [1.807, 2.05) is 0 Å². The molecule has 2 rings (SSSR count). The Hall–Kier alpha value is -2.19. The third-order valence-corrected chi connectivity index (χ3v) is 3.96. The monoisotopic (exact) mass is 352 g/mol. The lowest BCUT2D eigenvalue weighted by Gasteiger charge is -2.32. The Bertz CT molecular complexity index is 788. The molecule has 0 spiro atoms. The van der Waals surface area contributed by atoms with Gasteiger partial charge in [0.05, 0.1) is 6.10 Å². The highest BCUT2D eigenvalue weighted by atomic mass is 16.6. The van der Waals surface area contributed by atoms with Crippen molar-refractivity contribution in [2.45, 2.75) is 64.1 Å². The van der Waals surface area contributed by atoms with Crippen LogP contribution in [0.25, 0.3) is 0 Å². The molecule has 2 N–H and O–H groups in total. The predicted octanol–water partition coefficient (Wildman–Crippen LogP) is 0.781. The van der Waals surface area contributed by atoms with Gasteiger partial charge in [0.25, 0.3) is 5.56 Å². The van der Waals surface area contributed by atoms with Crippen molar-refractivity contribution in [3.8, 4) is 0 Å². The zero-order valence-electron chi connectivity index (χ0n) is 14.9. The van der Waals surface area contributed by atoms with E-state index in [9.17, 15) is 19.5 Å². The van der Waals surface area contributed by atoms with Crippen LogP contribution in [0, 0.1) is 6.92 Å². The first kappa shape index (κ1) is 19.1. The summed E-state index contributed by atoms with van der Waals surface area (Å²) in [5.74, 6) is -0.718. The maximum atomic E-state index is 12.7. The van der Waals surface area contributed by atoms with E-state index in [4.69, 9.17) is 9.47 Å². The van der Waals surface area contributed by atoms with Gasteiger partial charge in [0, 0.05) is 24.6 Å². The van der Waals surface area contributed by atoms with Crippen molar-refractivity contribution in [3.63, 3.8) is 0 Å². The summed E-state index contributed by atoms with van der Waals surface area (Å²) in [5, 5.41) is 10.5. The van der Waals surface area contributed by atoms with Crippen molar-refractivity contribution >= 4 is 5.97 Å². The maximum absolute atomic E-state index is 12.7. The largest absolute Gasteiger partial charge is 0.458 e. The molecule has 0 bridgehead atoms. The standard InChI is InChI=1S/C17H24N2O6/c1-6-7-17(14(22)25-16(3,4)5)11(20)8-12(24-17)19-9-10(2)13(21)18-15(19)23/h6,9,11-12,20H,1,7-8H2,2-5H3,(H,18,21,23)/t11-,12+,17-/m0/s1. The van der Waals surface area contributed by atoms with E-state index < -0.39 is 40.8 Å². The summed E-state index contributed by atoms with van der Waals surface area (Å²) in [7, 11) is 0. The molecular weight excluding hydrogens is 328 g/mol. The number of aromatic nitrogens is 2. The fourth-order valence-electron chi connectivity index (χ4n) is 2.75. The van der Waals surface area contributed by atoms with E-state index in [0.717, 1.165) is 4.57 Å². The van der Waals surface area contributed by atoms with E-state index in [-0.39, 0.29) is 12.8 Å². The molecule has 0 radical (unpaired) electrons. The summed E-state index contributed by atoms with van der Waals surface area (Å²) in [4.78, 5) is 38.4. The van der Waals surface area contributed by atoms with E-state index in [0.29, 0.717) is 5.56 Å². The topological polar surface area (TPSA) is 111 Å². The van der Waals surface area contributed by atoms with E-state index >= 15 is 0 Å². The van der Waals surface area contributed by atoms with Gasteiger partial charge in [-0.25, -0.2) is 9.59 Å². The lowest BCUT2D eigenvalue weighted by molar-refractivity contribution is -0.193. The Kier molecular flexibility index (Phi) is 5.06. The highest BCUT2D eigenvalue weighted by Crippen LogP contribution is 2.40. The molecule has 1 aliphatic rings. The summed E-state index contributed by atoms with van der Waals surface area (Å²) in [6.07, 6.45) is 0.721. The van der Waals surface area contributed by atoms with Crippen LogP contribution in [-0.4, -0.2) is 37.9 Å². The van der Waals surface area contributed by atoms with Crippen molar-refractivity contribution in [1.29, 1.82) is 0 Å². The molecule has 1 aromatic heterocycles. The SMILES string of the molecule is C=CC[C@]1(C(=O)OC(C)(C)C)O[C@@H](n2cc(C)c(=O)[nH]c2=O)C[C@@H]1O. The molecule has 1 fully saturated rings. The number of nitrogens with zero attached hydrogens (tertiary/aromatic N) is 1. The first-order valence-corrected chi connectivity index (χ1v) is 8.02. The van der Waals surface area contributed by atoms with Gasteiger partial charge < -0.3 is 14.6 Å². The van der Waals surface area contributed by atoms with Crippen molar-refractivity contribution in [2.24, 2.45) is 0 Å². The molecule has 0 unspecified atom stereocenters. The number of hydrogen-bond acceptors (Lipinski definition) is 6. The Morgan fingerprint density at radius 3 is 2.76 bits per heavy atom. The number of hydrogen-bond donors (Lipinski definition) is 2. The summed E-state index contributed by atoms with van der Waals surface area (Å²) >= 11 is 0. The molecule has 1 aliphatic heterocycles. The molecule has 0 aliphatic carbocycles. The second kappa shape index (κ2) is 6.61. The zero-order valence-corrected chi connectivity index (χ0v) is 14.9. The molecule has 0 saturated carbocycles. The van der Waals surface area contributed by atoms with Crippen LogP contribution in [0.15, 0.2) is 28.4 Å². The van der Waals surface area contributed by atoms with E-state index in [1.165, 1.54) is 12.3 Å². The molecule has 138 valence electrons. The number of aromatic amines is 1. The average Bonchev–Trinajstić information content (AvgIpc) is 2.79. The maximum Gasteiger partial charge on any atom is 0.342 e. The molecular formula is C17H24N2O6. The number of rotatable bonds is 4. The minimum absolute atomic E-state index is 0.00151. The summed E-state index contributed by atoms with van der Waals surface area (Å²) < 4.78 is 12.4. The Morgan fingerprint density at radius 2 is 2.20 bits per heavy atom. The van der Waals surface area contributed by atoms with Crippen LogP contribution < -0.4 is 11.2 Å². The van der Waals surface area contributed by atoms with Gasteiger partial charge in [-0.3, -0.25) is 14.3 Å². The molecule has 1 aromatic rings. The molecule has 2 heterocycles. The van der Waals surface area contributed by atoms with Crippen molar-refractivity contribution in [2.75, 3.05) is 0 Å². The smallest absolute Gasteiger partial charge is 0.342 e. The second-order valence-electron chi connectivity index (χ2n) is 7.19. The van der Waals surface area contributed by atoms with Gasteiger partial charge in [-0.15, -0.1) is 6.58 Å². The Labute approximate surface area is 145 Å². The number of ether oxygens (including phenoxy) is 2. The minimum Gasteiger partial charge on any atom is -0.458 e. The van der Waals surface area contributed by atoms with Gasteiger partial charge in [0.2, 0.25) is 0 Å². The van der Waals surface area contributed by atoms with Gasteiger partial charge in [-0.05, 0) is 27.7 Å². The van der Waals surface area contributed by atoms with Crippen molar-refractivity contribution < 1.29 is 19.4 Å². The molecule has 1 saturated heterocycles. The van der Waals surface area contributed by atoms with Crippen LogP contribution in [0.5, 0.6) is 0 Å². The summed E-state index contributed by atoms with van der Waals surface area (Å²) in [6.45, 7) is 10.3. The number of H-pyrrole nitrogens is 1. The molecule has 0 amide bonds. The predicted molar refractivity (Wildman–Crippen MR) is 90.2 cm³/mol. The van der Waals surface area contributed by atoms with E-state index in [1.54, 1.807) is 27.7 Å². The number of aliphatic hydroxyl groups excluding tert-OH is 1. The third-order valence-electron chi connectivity index (χ3n) is 3.96. The van der Waals surface area contributed by atoms with Gasteiger partial charge in [0.1, 0.15) is 11.8 Å². The van der Waals surface area contributed by atoms with E-state index in [2.05, 4.69) is 11.6 Å². The first-order chi connectivity index (χ1) is 11.5. The molecule has 25 heavy (non-hydrogen) atoms. The van der Waals surface area contributed by atoms with Crippen molar-refractivity contribution in [3.05, 3.63) is 45.3 Å². The van der Waals surface area contributed by atoms with Crippen molar-refractivity contribution in [1.82, 2.24) is 9.55 Å². The number of esters is 1. The Morgan fingerprint density at radius 1 is 1.56 bits per heavy atom.